The zero-order valence-electron chi connectivity index (χ0n) is 10.6. The van der Waals surface area contributed by atoms with E-state index in [4.69, 9.17) is 11.6 Å². The minimum Gasteiger partial charge on any atom is -0.312 e. The van der Waals surface area contributed by atoms with Crippen molar-refractivity contribution in [3.8, 4) is 0 Å². The Bertz CT molecular complexity index is 411. The highest BCUT2D eigenvalue weighted by Gasteiger charge is 2.39. The summed E-state index contributed by atoms with van der Waals surface area (Å²) in [5.74, 6) is 0.874. The largest absolute Gasteiger partial charge is 0.312 e. The molecule has 0 radical (unpaired) electrons. The van der Waals surface area contributed by atoms with Gasteiger partial charge in [-0.05, 0) is 63.3 Å². The van der Waals surface area contributed by atoms with Gasteiger partial charge in [-0.3, -0.25) is 0 Å². The fourth-order valence-electron chi connectivity index (χ4n) is 2.09. The van der Waals surface area contributed by atoms with Crippen LogP contribution in [0.4, 0.5) is 4.39 Å². The summed E-state index contributed by atoms with van der Waals surface area (Å²) in [4.78, 5) is 0. The van der Waals surface area contributed by atoms with Gasteiger partial charge < -0.3 is 5.32 Å². The third kappa shape index (κ3) is 3.43. The molecule has 2 unspecified atom stereocenters. The molecule has 0 amide bonds. The first-order valence-electron chi connectivity index (χ1n) is 6.07. The van der Waals surface area contributed by atoms with Gasteiger partial charge in [-0.1, -0.05) is 17.7 Å². The Hall–Kier alpha value is -0.600. The van der Waals surface area contributed by atoms with E-state index < -0.39 is 0 Å². The Kier molecular flexibility index (Phi) is 3.46. The maximum atomic E-state index is 12.9. The van der Waals surface area contributed by atoms with Gasteiger partial charge in [-0.25, -0.2) is 4.39 Å². The molecule has 1 saturated carbocycles. The van der Waals surface area contributed by atoms with E-state index in [-0.39, 0.29) is 11.4 Å². The average Bonchev–Trinajstić information content (AvgIpc) is 2.93. The molecule has 2 atom stereocenters. The monoisotopic (exact) mass is 255 g/mol. The molecular weight excluding hydrogens is 237 g/mol. The molecule has 0 saturated heterocycles. The predicted molar refractivity (Wildman–Crippen MR) is 70.0 cm³/mol. The lowest BCUT2D eigenvalue weighted by Crippen LogP contribution is -2.37. The van der Waals surface area contributed by atoms with Gasteiger partial charge in [0.25, 0.3) is 0 Å². The molecule has 0 aliphatic heterocycles. The minimum absolute atomic E-state index is 0.153. The smallest absolute Gasteiger partial charge is 0.124 e. The van der Waals surface area contributed by atoms with Crippen molar-refractivity contribution < 1.29 is 4.39 Å². The highest BCUT2D eigenvalue weighted by Crippen LogP contribution is 2.49. The van der Waals surface area contributed by atoms with Crippen LogP contribution < -0.4 is 5.32 Å². The number of rotatable bonds is 3. The van der Waals surface area contributed by atoms with E-state index in [1.54, 1.807) is 0 Å². The molecule has 0 aromatic heterocycles. The van der Waals surface area contributed by atoms with Crippen LogP contribution in [0.5, 0.6) is 0 Å². The van der Waals surface area contributed by atoms with E-state index in [1.165, 1.54) is 12.1 Å². The minimum atomic E-state index is -0.260. The molecule has 1 aromatic carbocycles. The summed E-state index contributed by atoms with van der Waals surface area (Å²) in [7, 11) is 0. The second kappa shape index (κ2) is 4.58. The topological polar surface area (TPSA) is 12.0 Å². The molecule has 1 fully saturated rings. The first-order chi connectivity index (χ1) is 7.87. The van der Waals surface area contributed by atoms with Gasteiger partial charge in [-0.15, -0.1) is 0 Å². The Labute approximate surface area is 107 Å². The molecule has 94 valence electrons. The lowest BCUT2D eigenvalue weighted by Gasteiger charge is -2.20. The van der Waals surface area contributed by atoms with Crippen LogP contribution >= 0.6 is 11.6 Å². The van der Waals surface area contributed by atoms with E-state index in [0.29, 0.717) is 16.9 Å². The molecule has 2 rings (SSSR count). The Morgan fingerprint density at radius 3 is 2.71 bits per heavy atom. The summed E-state index contributed by atoms with van der Waals surface area (Å²) < 4.78 is 12.9. The Morgan fingerprint density at radius 1 is 1.41 bits per heavy atom. The number of nitrogens with one attached hydrogen (secondary N) is 1. The van der Waals surface area contributed by atoms with Crippen molar-refractivity contribution >= 4 is 11.6 Å². The molecule has 1 aliphatic rings. The van der Waals surface area contributed by atoms with Crippen molar-refractivity contribution in [1.82, 2.24) is 5.32 Å². The molecule has 0 heterocycles. The fourth-order valence-corrected chi connectivity index (χ4v) is 2.40. The van der Waals surface area contributed by atoms with Crippen LogP contribution in [0.25, 0.3) is 0 Å². The van der Waals surface area contributed by atoms with Crippen molar-refractivity contribution in [3.63, 3.8) is 0 Å². The standard InChI is InChI=1S/C14H19ClFN/c1-14(2,3)17-8-9-6-12(9)11-5-4-10(16)7-13(11)15/h4-5,7,9,12,17H,6,8H2,1-3H3. The van der Waals surface area contributed by atoms with Gasteiger partial charge >= 0.3 is 0 Å². The third-order valence-electron chi connectivity index (χ3n) is 3.18. The molecule has 0 spiro atoms. The summed E-state index contributed by atoms with van der Waals surface area (Å²) in [5, 5.41) is 4.06. The van der Waals surface area contributed by atoms with Crippen molar-refractivity contribution in [3.05, 3.63) is 34.6 Å². The van der Waals surface area contributed by atoms with Crippen molar-refractivity contribution in [2.75, 3.05) is 6.54 Å². The molecule has 17 heavy (non-hydrogen) atoms. The molecule has 1 aliphatic carbocycles. The summed E-state index contributed by atoms with van der Waals surface area (Å²) >= 11 is 6.06. The van der Waals surface area contributed by atoms with E-state index in [1.807, 2.05) is 6.07 Å². The SMILES string of the molecule is CC(C)(C)NCC1CC1c1ccc(F)cc1Cl. The number of hydrogen-bond acceptors (Lipinski definition) is 1. The van der Waals surface area contributed by atoms with E-state index in [2.05, 4.69) is 26.1 Å². The Balaban J connectivity index is 1.94. The molecular formula is C14H19ClFN. The number of halogens is 2. The number of hydrogen-bond donors (Lipinski definition) is 1. The predicted octanol–water partition coefficient (Wildman–Crippen LogP) is 3.97. The zero-order valence-corrected chi connectivity index (χ0v) is 11.3. The second-order valence-corrected chi connectivity index (χ2v) is 6.31. The lowest BCUT2D eigenvalue weighted by molar-refractivity contribution is 0.414. The van der Waals surface area contributed by atoms with Gasteiger partial charge in [0.05, 0.1) is 0 Å². The summed E-state index contributed by atoms with van der Waals surface area (Å²) in [6, 6.07) is 4.72. The van der Waals surface area contributed by atoms with Crippen molar-refractivity contribution in [2.45, 2.75) is 38.6 Å². The molecule has 0 bridgehead atoms. The van der Waals surface area contributed by atoms with Crippen LogP contribution in [-0.2, 0) is 0 Å². The normalized spacial score (nSPS) is 23.8. The fraction of sp³-hybridized carbons (Fsp3) is 0.571. The van der Waals surface area contributed by atoms with Crippen LogP contribution in [0.3, 0.4) is 0 Å². The lowest BCUT2D eigenvalue weighted by atomic mass is 10.1. The van der Waals surface area contributed by atoms with Gasteiger partial charge in [-0.2, -0.15) is 0 Å². The van der Waals surface area contributed by atoms with Gasteiger partial charge in [0.2, 0.25) is 0 Å². The summed E-state index contributed by atoms with van der Waals surface area (Å²) in [6.45, 7) is 7.49. The average molecular weight is 256 g/mol. The molecule has 3 heteroatoms. The van der Waals surface area contributed by atoms with E-state index in [9.17, 15) is 4.39 Å². The third-order valence-corrected chi connectivity index (χ3v) is 3.51. The first kappa shape index (κ1) is 12.8. The van der Waals surface area contributed by atoms with Crippen molar-refractivity contribution in [1.29, 1.82) is 0 Å². The van der Waals surface area contributed by atoms with Gasteiger partial charge in [0, 0.05) is 10.6 Å². The van der Waals surface area contributed by atoms with Crippen LogP contribution in [0, 0.1) is 11.7 Å². The molecule has 1 nitrogen and oxygen atoms in total. The van der Waals surface area contributed by atoms with Crippen LogP contribution in [-0.4, -0.2) is 12.1 Å². The van der Waals surface area contributed by atoms with E-state index >= 15 is 0 Å². The zero-order chi connectivity index (χ0) is 12.6. The Morgan fingerprint density at radius 2 is 2.12 bits per heavy atom. The van der Waals surface area contributed by atoms with E-state index in [0.717, 1.165) is 18.5 Å². The maximum Gasteiger partial charge on any atom is 0.124 e. The number of benzene rings is 1. The quantitative estimate of drug-likeness (QED) is 0.862. The first-order valence-corrected chi connectivity index (χ1v) is 6.44. The molecule has 1 N–H and O–H groups in total. The maximum absolute atomic E-state index is 12.9. The van der Waals surface area contributed by atoms with Crippen LogP contribution in [0.1, 0.15) is 38.7 Å². The second-order valence-electron chi connectivity index (χ2n) is 5.90. The highest BCUT2D eigenvalue weighted by molar-refractivity contribution is 6.31. The van der Waals surface area contributed by atoms with Gasteiger partial charge in [0.15, 0.2) is 0 Å². The van der Waals surface area contributed by atoms with Gasteiger partial charge in [0.1, 0.15) is 5.82 Å². The van der Waals surface area contributed by atoms with Crippen molar-refractivity contribution in [2.24, 2.45) is 5.92 Å². The summed E-state index contributed by atoms with van der Waals surface area (Å²) in [6.07, 6.45) is 1.15. The summed E-state index contributed by atoms with van der Waals surface area (Å²) in [5.41, 5.74) is 1.24. The van der Waals surface area contributed by atoms with Crippen LogP contribution in [0.2, 0.25) is 5.02 Å². The van der Waals surface area contributed by atoms with Crippen LogP contribution in [0.15, 0.2) is 18.2 Å². The highest BCUT2D eigenvalue weighted by atomic mass is 35.5. The molecule has 1 aromatic rings.